The topological polar surface area (TPSA) is 55.2 Å². The van der Waals surface area contributed by atoms with Crippen molar-refractivity contribution >= 4 is 11.7 Å². The second-order valence-electron chi connectivity index (χ2n) is 5.15. The molecule has 0 bridgehead atoms. The number of ketones is 1. The fraction of sp³-hybridized carbons (Fsp3) is 0.312. The highest BCUT2D eigenvalue weighted by molar-refractivity contribution is 5.97. The van der Waals surface area contributed by atoms with Crippen LogP contribution >= 0.6 is 0 Å². The van der Waals surface area contributed by atoms with Crippen LogP contribution in [0.4, 0.5) is 0 Å². The number of hydrogen-bond donors (Lipinski definition) is 0. The molecule has 1 aliphatic heterocycles. The van der Waals surface area contributed by atoms with Crippen LogP contribution in [0.2, 0.25) is 0 Å². The van der Waals surface area contributed by atoms with Gasteiger partial charge in [0.1, 0.15) is 0 Å². The Morgan fingerprint density at radius 2 is 1.86 bits per heavy atom. The molecule has 0 fully saturated rings. The number of hydrogen-bond acceptors (Lipinski definition) is 3. The lowest BCUT2D eigenvalue weighted by Gasteiger charge is -2.27. The molecule has 5 heteroatoms. The highest BCUT2D eigenvalue weighted by Gasteiger charge is 2.21. The van der Waals surface area contributed by atoms with Crippen molar-refractivity contribution in [3.05, 3.63) is 53.9 Å². The van der Waals surface area contributed by atoms with E-state index in [9.17, 15) is 9.59 Å². The second-order valence-corrected chi connectivity index (χ2v) is 5.15. The van der Waals surface area contributed by atoms with E-state index in [0.29, 0.717) is 18.7 Å². The smallest absolute Gasteiger partial charge is 0.223 e. The fourth-order valence-electron chi connectivity index (χ4n) is 2.55. The van der Waals surface area contributed by atoms with Gasteiger partial charge >= 0.3 is 0 Å². The summed E-state index contributed by atoms with van der Waals surface area (Å²) in [6.45, 7) is 1.96. The first-order valence-electron chi connectivity index (χ1n) is 7.11. The number of nitrogens with zero attached hydrogens (tertiary/aromatic N) is 3. The normalized spacial score (nSPS) is 13.8. The first-order valence-corrected chi connectivity index (χ1v) is 7.11. The third-order valence-electron chi connectivity index (χ3n) is 3.75. The molecular weight excluding hydrogens is 266 g/mol. The van der Waals surface area contributed by atoms with Crippen LogP contribution in [-0.2, 0) is 17.9 Å². The monoisotopic (exact) mass is 283 g/mol. The molecule has 21 heavy (non-hydrogen) atoms. The summed E-state index contributed by atoms with van der Waals surface area (Å²) >= 11 is 0. The molecule has 0 aliphatic carbocycles. The number of aromatic nitrogens is 2. The predicted octanol–water partition coefficient (Wildman–Crippen LogP) is 1.89. The Morgan fingerprint density at radius 1 is 1.05 bits per heavy atom. The van der Waals surface area contributed by atoms with Crippen molar-refractivity contribution in [1.82, 2.24) is 14.7 Å². The summed E-state index contributed by atoms with van der Waals surface area (Å²) in [5.74, 6) is 0.0535. The lowest BCUT2D eigenvalue weighted by Crippen LogP contribution is -2.38. The molecule has 1 amide bonds. The summed E-state index contributed by atoms with van der Waals surface area (Å²) in [5.41, 5.74) is 1.71. The van der Waals surface area contributed by atoms with E-state index in [2.05, 4.69) is 5.10 Å². The van der Waals surface area contributed by atoms with Crippen molar-refractivity contribution in [3.63, 3.8) is 0 Å². The van der Waals surface area contributed by atoms with Gasteiger partial charge in [0.2, 0.25) is 5.91 Å². The van der Waals surface area contributed by atoms with Gasteiger partial charge in [-0.2, -0.15) is 5.10 Å². The summed E-state index contributed by atoms with van der Waals surface area (Å²) in [7, 11) is 0. The largest absolute Gasteiger partial charge is 0.335 e. The Bertz CT molecular complexity index is 649. The number of fused-ring (bicyclic) bond motifs is 1. The van der Waals surface area contributed by atoms with E-state index < -0.39 is 0 Å². The van der Waals surface area contributed by atoms with E-state index in [1.54, 1.807) is 23.2 Å². The molecule has 0 spiro atoms. The SMILES string of the molecule is O=C(CCC(=O)N1CCn2nccc2C1)c1ccccc1. The number of rotatable bonds is 4. The fourth-order valence-corrected chi connectivity index (χ4v) is 2.55. The third kappa shape index (κ3) is 3.02. The first-order chi connectivity index (χ1) is 10.2. The van der Waals surface area contributed by atoms with Crippen LogP contribution in [0, 0.1) is 0 Å². The van der Waals surface area contributed by atoms with Crippen LogP contribution in [0.15, 0.2) is 42.6 Å². The van der Waals surface area contributed by atoms with Crippen LogP contribution in [0.3, 0.4) is 0 Å². The zero-order chi connectivity index (χ0) is 14.7. The summed E-state index contributed by atoms with van der Waals surface area (Å²) in [5, 5.41) is 4.19. The molecule has 3 rings (SSSR count). The van der Waals surface area contributed by atoms with E-state index >= 15 is 0 Å². The van der Waals surface area contributed by atoms with Crippen molar-refractivity contribution in [2.75, 3.05) is 6.54 Å². The van der Waals surface area contributed by atoms with Gasteiger partial charge in [-0.05, 0) is 6.07 Å². The molecule has 2 aromatic rings. The van der Waals surface area contributed by atoms with Gasteiger partial charge < -0.3 is 4.90 Å². The number of benzene rings is 1. The molecule has 0 saturated heterocycles. The first kappa shape index (κ1) is 13.5. The minimum Gasteiger partial charge on any atom is -0.335 e. The van der Waals surface area contributed by atoms with E-state index in [1.165, 1.54) is 0 Å². The van der Waals surface area contributed by atoms with Gasteiger partial charge in [-0.25, -0.2) is 0 Å². The molecule has 5 nitrogen and oxygen atoms in total. The van der Waals surface area contributed by atoms with Gasteiger partial charge in [-0.3, -0.25) is 14.3 Å². The summed E-state index contributed by atoms with van der Waals surface area (Å²) in [4.78, 5) is 26.0. The molecule has 0 radical (unpaired) electrons. The Hall–Kier alpha value is -2.43. The van der Waals surface area contributed by atoms with Gasteiger partial charge in [0, 0.05) is 31.1 Å². The third-order valence-corrected chi connectivity index (χ3v) is 3.75. The highest BCUT2D eigenvalue weighted by atomic mass is 16.2. The summed E-state index contributed by atoms with van der Waals surface area (Å²) < 4.78 is 1.92. The number of amides is 1. The Morgan fingerprint density at radius 3 is 2.67 bits per heavy atom. The summed E-state index contributed by atoms with van der Waals surface area (Å²) in [6, 6.07) is 11.0. The standard InChI is InChI=1S/C16H17N3O2/c20-15(13-4-2-1-3-5-13)6-7-16(21)18-10-11-19-14(12-18)8-9-17-19/h1-5,8-9H,6-7,10-12H2. The molecular formula is C16H17N3O2. The van der Waals surface area contributed by atoms with Crippen LogP contribution in [0.25, 0.3) is 0 Å². The van der Waals surface area contributed by atoms with Crippen LogP contribution < -0.4 is 0 Å². The van der Waals surface area contributed by atoms with Crippen molar-refractivity contribution in [2.45, 2.75) is 25.9 Å². The second kappa shape index (κ2) is 5.91. The molecule has 0 N–H and O–H groups in total. The number of carbonyl (C=O) groups is 2. The Balaban J connectivity index is 1.54. The zero-order valence-electron chi connectivity index (χ0n) is 11.7. The van der Waals surface area contributed by atoms with Gasteiger partial charge in [0.15, 0.2) is 5.78 Å². The average molecular weight is 283 g/mol. The van der Waals surface area contributed by atoms with Crippen molar-refractivity contribution in [1.29, 1.82) is 0 Å². The van der Waals surface area contributed by atoms with E-state index in [1.807, 2.05) is 28.9 Å². The zero-order valence-corrected chi connectivity index (χ0v) is 11.7. The maximum absolute atomic E-state index is 12.2. The number of Topliss-reactive ketones (excluding diaryl/α,β-unsaturated/α-hetero) is 1. The van der Waals surface area contributed by atoms with Crippen LogP contribution in [0.1, 0.15) is 28.9 Å². The van der Waals surface area contributed by atoms with E-state index in [-0.39, 0.29) is 24.5 Å². The minimum absolute atomic E-state index is 0.0194. The molecule has 1 aromatic carbocycles. The van der Waals surface area contributed by atoms with Gasteiger partial charge in [0.25, 0.3) is 0 Å². The summed E-state index contributed by atoms with van der Waals surface area (Å²) in [6.07, 6.45) is 2.28. The quantitative estimate of drug-likeness (QED) is 0.805. The lowest BCUT2D eigenvalue weighted by atomic mass is 10.1. The molecule has 0 atom stereocenters. The van der Waals surface area contributed by atoms with Crippen molar-refractivity contribution in [2.24, 2.45) is 0 Å². The molecule has 0 saturated carbocycles. The maximum Gasteiger partial charge on any atom is 0.223 e. The molecule has 1 aromatic heterocycles. The van der Waals surface area contributed by atoms with Gasteiger partial charge in [0.05, 0.1) is 18.8 Å². The van der Waals surface area contributed by atoms with Crippen molar-refractivity contribution in [3.8, 4) is 0 Å². The van der Waals surface area contributed by atoms with E-state index in [4.69, 9.17) is 0 Å². The minimum atomic E-state index is 0.0194. The molecule has 1 aliphatic rings. The molecule has 0 unspecified atom stereocenters. The van der Waals surface area contributed by atoms with Gasteiger partial charge in [-0.1, -0.05) is 30.3 Å². The number of carbonyl (C=O) groups excluding carboxylic acids is 2. The Kier molecular flexibility index (Phi) is 3.81. The lowest BCUT2D eigenvalue weighted by molar-refractivity contribution is -0.132. The van der Waals surface area contributed by atoms with Crippen LogP contribution in [0.5, 0.6) is 0 Å². The van der Waals surface area contributed by atoms with Crippen molar-refractivity contribution < 1.29 is 9.59 Å². The molecule has 108 valence electrons. The maximum atomic E-state index is 12.2. The average Bonchev–Trinajstić information content (AvgIpc) is 3.00. The highest BCUT2D eigenvalue weighted by Crippen LogP contribution is 2.13. The van der Waals surface area contributed by atoms with E-state index in [0.717, 1.165) is 12.2 Å². The van der Waals surface area contributed by atoms with Gasteiger partial charge in [-0.15, -0.1) is 0 Å². The molecule has 2 heterocycles. The Labute approximate surface area is 123 Å². The predicted molar refractivity (Wildman–Crippen MR) is 77.7 cm³/mol. The van der Waals surface area contributed by atoms with Crippen LogP contribution in [-0.4, -0.2) is 32.9 Å².